The van der Waals surface area contributed by atoms with Gasteiger partial charge in [-0.25, -0.2) is 23.5 Å². The number of hydrogen-bond donors (Lipinski definition) is 4. The van der Waals surface area contributed by atoms with E-state index in [1.165, 1.54) is 42.7 Å². The van der Waals surface area contributed by atoms with Crippen LogP contribution in [0.3, 0.4) is 0 Å². The molecular weight excluding hydrogens is 749 g/mol. The molecule has 54 heavy (non-hydrogen) atoms. The smallest absolute Gasteiger partial charge is 0.857 e. The number of benzene rings is 1. The maximum absolute atomic E-state index is 15.4. The molecular formula is C32H38ClF2N10NaO8. The number of hydrogen-bond acceptors (Lipinski definition) is 16. The van der Waals surface area contributed by atoms with Crippen molar-refractivity contribution < 1.29 is 77.4 Å². The number of esters is 1. The molecule has 0 radical (unpaired) electrons. The molecule has 22 heteroatoms. The van der Waals surface area contributed by atoms with Crippen LogP contribution in [0.2, 0.25) is 5.15 Å². The predicted molar refractivity (Wildman–Crippen MR) is 183 cm³/mol. The van der Waals surface area contributed by atoms with Crippen LogP contribution in [-0.2, 0) is 14.2 Å². The first-order chi connectivity index (χ1) is 25.2. The summed E-state index contributed by atoms with van der Waals surface area (Å²) in [7, 11) is 2.15. The number of methoxy groups -OCH3 is 1. The number of rotatable bonds is 7. The number of aliphatic hydroxyl groups is 2. The molecule has 6 heterocycles. The standard InChI is InChI=1S/C19H19ClFN5O3.C12H16FN5O4.CH3O.Na/c1-3-11-13(21)19(2,29-16(27)10-7-5-4-6-8-10)17(28-11)26-9-23-12-14(20)24-18(22)25-15(12)26;1-12(20)7(13)5(3-19)22-10(12)18-4-15-6-8(18)16-11(14)17-9(6)21-2;1-2;/h4-9,11,13,17H,3H2,1-2H3,(H2,22,24,25);4-5,7,10,19-20H,3H2,1-2H3,(H2,14,16,17);1H3;/q;;-1;+1/t11-,13-,17+,19+;5-,7-,10+,12+;;/m11../s1. The first-order valence-corrected chi connectivity index (χ1v) is 16.4. The number of aliphatic hydroxyl groups excluding tert-OH is 1. The Hall–Kier alpha value is -3.86. The Morgan fingerprint density at radius 1 is 0.944 bits per heavy atom. The number of fused-ring (bicyclic) bond motifs is 2. The van der Waals surface area contributed by atoms with Crippen LogP contribution in [-0.4, -0.2) is 112 Å². The number of anilines is 2. The number of imidazole rings is 2. The molecule has 4 aromatic heterocycles. The van der Waals surface area contributed by atoms with E-state index in [9.17, 15) is 14.3 Å². The Kier molecular flexibility index (Phi) is 13.7. The van der Waals surface area contributed by atoms with Gasteiger partial charge in [0.15, 0.2) is 52.4 Å². The van der Waals surface area contributed by atoms with Gasteiger partial charge in [-0.15, -0.1) is 0 Å². The van der Waals surface area contributed by atoms with E-state index in [2.05, 4.69) is 29.9 Å². The molecule has 2 fully saturated rings. The van der Waals surface area contributed by atoms with Gasteiger partial charge in [-0.2, -0.15) is 27.0 Å². The van der Waals surface area contributed by atoms with Gasteiger partial charge in [0.2, 0.25) is 17.8 Å². The number of nitrogen functional groups attached to an aromatic ring is 2. The van der Waals surface area contributed by atoms with E-state index in [4.69, 9.17) is 52.2 Å². The summed E-state index contributed by atoms with van der Waals surface area (Å²) in [4.78, 5) is 36.9. The van der Waals surface area contributed by atoms with Crippen molar-refractivity contribution in [2.75, 3.05) is 32.3 Å². The van der Waals surface area contributed by atoms with Gasteiger partial charge >= 0.3 is 35.5 Å². The second-order valence-corrected chi connectivity index (χ2v) is 12.6. The summed E-state index contributed by atoms with van der Waals surface area (Å²) in [5, 5.41) is 27.9. The summed E-state index contributed by atoms with van der Waals surface area (Å²) in [6, 6.07) is 8.38. The molecule has 286 valence electrons. The van der Waals surface area contributed by atoms with Gasteiger partial charge in [0.05, 0.1) is 38.0 Å². The number of nitrogens with zero attached hydrogens (tertiary/aromatic N) is 8. The van der Waals surface area contributed by atoms with Crippen LogP contribution >= 0.6 is 11.6 Å². The zero-order valence-electron chi connectivity index (χ0n) is 30.1. The first kappa shape index (κ1) is 42.9. The quantitative estimate of drug-likeness (QED) is 0.0849. The molecule has 0 saturated carbocycles. The molecule has 2 aliphatic heterocycles. The maximum Gasteiger partial charge on any atom is 1.00 e. The summed E-state index contributed by atoms with van der Waals surface area (Å²) in [6.07, 6.45) is -4.28. The third-order valence-corrected chi connectivity index (χ3v) is 9.03. The molecule has 18 nitrogen and oxygen atoms in total. The van der Waals surface area contributed by atoms with E-state index in [1.807, 2.05) is 0 Å². The van der Waals surface area contributed by atoms with Gasteiger partial charge in [0.25, 0.3) is 0 Å². The minimum absolute atomic E-state index is 0. The summed E-state index contributed by atoms with van der Waals surface area (Å²) < 4.78 is 54.5. The Balaban J connectivity index is 0.000000234. The second-order valence-electron chi connectivity index (χ2n) is 12.2. The van der Waals surface area contributed by atoms with E-state index in [1.54, 1.807) is 37.3 Å². The van der Waals surface area contributed by atoms with Gasteiger partial charge in [-0.1, -0.05) is 36.7 Å². The summed E-state index contributed by atoms with van der Waals surface area (Å²) in [5.41, 5.74) is 9.23. The average molecular weight is 787 g/mol. The predicted octanol–water partition coefficient (Wildman–Crippen LogP) is -1.30. The first-order valence-electron chi connectivity index (χ1n) is 16.1. The Morgan fingerprint density at radius 2 is 1.50 bits per heavy atom. The van der Waals surface area contributed by atoms with Gasteiger partial charge in [0.1, 0.15) is 17.2 Å². The largest absolute Gasteiger partial charge is 1.00 e. The number of carbonyl (C=O) groups excluding carboxylic acids is 1. The van der Waals surface area contributed by atoms with Gasteiger partial charge in [-0.3, -0.25) is 9.13 Å². The van der Waals surface area contributed by atoms with Crippen molar-refractivity contribution in [3.8, 4) is 5.88 Å². The van der Waals surface area contributed by atoms with E-state index in [0.29, 0.717) is 17.5 Å². The molecule has 0 unspecified atom stereocenters. The number of aromatic nitrogens is 8. The van der Waals surface area contributed by atoms with E-state index >= 15 is 4.39 Å². The van der Waals surface area contributed by atoms with Crippen molar-refractivity contribution in [2.24, 2.45) is 0 Å². The topological polar surface area (TPSA) is 257 Å². The molecule has 0 spiro atoms. The van der Waals surface area contributed by atoms with E-state index < -0.39 is 60.8 Å². The molecule has 0 aliphatic carbocycles. The van der Waals surface area contributed by atoms with Gasteiger partial charge < -0.3 is 45.7 Å². The van der Waals surface area contributed by atoms with Crippen LogP contribution in [0.1, 0.15) is 50.0 Å². The SMILES string of the molecule is CC[C@H]1O[C@H](n2cnc3c(Cl)nc(N)nc32)[C@@](C)(OC(=O)c2ccccc2)[C@@H]1F.COc1nc(N)nc2c1ncn2[C@H]1O[C@H](CO)[C@@H](F)[C@]1(C)O.C[O-].[Na+]. The second kappa shape index (κ2) is 17.3. The normalized spacial score (nSPS) is 27.4. The van der Waals surface area contributed by atoms with Crippen molar-refractivity contribution in [3.63, 3.8) is 0 Å². The van der Waals surface area contributed by atoms with Crippen LogP contribution in [0.5, 0.6) is 5.88 Å². The van der Waals surface area contributed by atoms with Crippen LogP contribution in [0.4, 0.5) is 20.7 Å². The van der Waals surface area contributed by atoms with Crippen LogP contribution in [0.25, 0.3) is 22.3 Å². The number of halogens is 3. The molecule has 1 aromatic carbocycles. The summed E-state index contributed by atoms with van der Waals surface area (Å²) >= 11 is 6.10. The maximum atomic E-state index is 15.4. The van der Waals surface area contributed by atoms with Crippen molar-refractivity contribution in [1.82, 2.24) is 39.0 Å². The third kappa shape index (κ3) is 7.80. The Morgan fingerprint density at radius 3 is 2.07 bits per heavy atom. The molecule has 2 aliphatic rings. The molecule has 0 bridgehead atoms. The Bertz CT molecular complexity index is 2060. The fraction of sp³-hybridized carbons (Fsp3) is 0.469. The van der Waals surface area contributed by atoms with Gasteiger partial charge in [-0.05, 0) is 32.4 Å². The Labute approximate surface area is 334 Å². The molecule has 2 saturated heterocycles. The number of ether oxygens (including phenoxy) is 4. The monoisotopic (exact) mass is 786 g/mol. The molecule has 7 rings (SSSR count). The van der Waals surface area contributed by atoms with Crippen molar-refractivity contribution in [2.45, 2.75) is 75.4 Å². The fourth-order valence-electron chi connectivity index (χ4n) is 6.12. The minimum Gasteiger partial charge on any atom is -0.857 e. The number of alkyl halides is 2. The summed E-state index contributed by atoms with van der Waals surface area (Å²) in [5.74, 6) is -0.611. The van der Waals surface area contributed by atoms with Crippen LogP contribution in [0.15, 0.2) is 43.0 Å². The van der Waals surface area contributed by atoms with Crippen LogP contribution in [0, 0.1) is 0 Å². The molecule has 8 atom stereocenters. The fourth-order valence-corrected chi connectivity index (χ4v) is 6.34. The zero-order chi connectivity index (χ0) is 38.8. The molecule has 6 N–H and O–H groups in total. The van der Waals surface area contributed by atoms with Gasteiger partial charge in [0, 0.05) is 0 Å². The van der Waals surface area contributed by atoms with Crippen LogP contribution < -0.4 is 50.9 Å². The van der Waals surface area contributed by atoms with E-state index in [0.717, 1.165) is 7.11 Å². The van der Waals surface area contributed by atoms with Crippen molar-refractivity contribution in [1.29, 1.82) is 0 Å². The number of nitrogens with two attached hydrogens (primary N) is 2. The number of carbonyl (C=O) groups is 1. The van der Waals surface area contributed by atoms with Crippen molar-refractivity contribution >= 4 is 51.8 Å². The summed E-state index contributed by atoms with van der Waals surface area (Å²) in [6.45, 7) is 4.02. The molecule has 5 aromatic rings. The average Bonchev–Trinajstić information content (AvgIpc) is 3.88. The zero-order valence-corrected chi connectivity index (χ0v) is 32.9. The molecule has 0 amide bonds. The van der Waals surface area contributed by atoms with Crippen molar-refractivity contribution in [3.05, 3.63) is 53.7 Å². The minimum atomic E-state index is -1.87. The van der Waals surface area contributed by atoms with E-state index in [-0.39, 0.29) is 69.3 Å². The third-order valence-electron chi connectivity index (χ3n) is 8.76.